The summed E-state index contributed by atoms with van der Waals surface area (Å²) in [5, 5.41) is 1.04. The molecular weight excluding hydrogens is 172 g/mol. The molecule has 0 atom stereocenters. The number of hydrogen-bond donors (Lipinski definition) is 0. The molecule has 9 heavy (non-hydrogen) atoms. The van der Waals surface area contributed by atoms with Gasteiger partial charge in [0.05, 0.1) is 0 Å². The van der Waals surface area contributed by atoms with Gasteiger partial charge in [-0.05, 0) is 0 Å². The van der Waals surface area contributed by atoms with Gasteiger partial charge in [0.2, 0.25) is 0 Å². The first-order chi connectivity index (χ1) is 4.43. The molecule has 0 aliphatic rings. The van der Waals surface area contributed by atoms with E-state index in [2.05, 4.69) is 12.1 Å². The summed E-state index contributed by atoms with van der Waals surface area (Å²) in [6.45, 7) is 0. The van der Waals surface area contributed by atoms with Crippen molar-refractivity contribution in [2.75, 3.05) is 0 Å². The summed E-state index contributed by atoms with van der Waals surface area (Å²) in [7, 11) is 5.60. The van der Waals surface area contributed by atoms with E-state index in [4.69, 9.17) is 10.0 Å². The van der Waals surface area contributed by atoms with E-state index in [-0.39, 0.29) is 14.3 Å². The molecule has 0 saturated carbocycles. The van der Waals surface area contributed by atoms with Gasteiger partial charge in [-0.3, -0.25) is 0 Å². The molecule has 0 aliphatic heterocycles. The van der Waals surface area contributed by atoms with Crippen LogP contribution in [0.3, 0.4) is 0 Å². The van der Waals surface area contributed by atoms with Crippen molar-refractivity contribution < 1.29 is 14.3 Å². The molecule has 1 aromatic rings. The zero-order chi connectivity index (χ0) is 6.53. The normalized spacial score (nSPS) is 9.44. The molecular formula is C7H7ClCr. The Morgan fingerprint density at radius 1 is 1.22 bits per heavy atom. The molecule has 48 valence electrons. The van der Waals surface area contributed by atoms with Crippen LogP contribution in [0, 0.1) is 0 Å². The average molecular weight is 179 g/mol. The Morgan fingerprint density at radius 2 is 1.89 bits per heavy atom. The van der Waals surface area contributed by atoms with Crippen LogP contribution in [0.4, 0.5) is 0 Å². The molecule has 0 N–H and O–H groups in total. The van der Waals surface area contributed by atoms with Gasteiger partial charge in [0.15, 0.2) is 0 Å². The molecule has 1 aromatic carbocycles. The molecule has 0 spiro atoms. The molecule has 0 heterocycles. The second-order valence-corrected chi connectivity index (χ2v) is 3.43. The molecule has 0 bridgehead atoms. The summed E-state index contributed by atoms with van der Waals surface area (Å²) < 4.78 is 0. The fourth-order valence-electron chi connectivity index (χ4n) is 0.637. The van der Waals surface area contributed by atoms with Gasteiger partial charge in [-0.1, -0.05) is 0 Å². The van der Waals surface area contributed by atoms with Crippen molar-refractivity contribution in [3.63, 3.8) is 0 Å². The quantitative estimate of drug-likeness (QED) is 0.653. The zero-order valence-corrected chi connectivity index (χ0v) is 6.91. The van der Waals surface area contributed by atoms with E-state index >= 15 is 0 Å². The number of rotatable bonds is 2. The molecule has 0 aliphatic carbocycles. The summed E-state index contributed by atoms with van der Waals surface area (Å²) in [6, 6.07) is 10.3. The van der Waals surface area contributed by atoms with Gasteiger partial charge in [-0.15, -0.1) is 0 Å². The predicted molar refractivity (Wildman–Crippen MR) is 36.0 cm³/mol. The number of benzene rings is 1. The van der Waals surface area contributed by atoms with Gasteiger partial charge < -0.3 is 0 Å². The molecule has 2 heteroatoms. The predicted octanol–water partition coefficient (Wildman–Crippen LogP) is 2.42. The molecule has 0 amide bonds. The minimum atomic E-state index is 0.251. The van der Waals surface area contributed by atoms with Crippen molar-refractivity contribution in [3.05, 3.63) is 35.9 Å². The average Bonchev–Trinajstić information content (AvgIpc) is 1.91. The third-order valence-corrected chi connectivity index (χ3v) is 2.20. The molecule has 0 unspecified atom stereocenters. The van der Waals surface area contributed by atoms with Crippen molar-refractivity contribution >= 4 is 10.0 Å². The van der Waals surface area contributed by atoms with Gasteiger partial charge in [0.1, 0.15) is 0 Å². The maximum atomic E-state index is 5.60. The fraction of sp³-hybridized carbons (Fsp3) is 0.143. The van der Waals surface area contributed by atoms with Crippen LogP contribution in [0.2, 0.25) is 0 Å². The van der Waals surface area contributed by atoms with E-state index in [1.807, 2.05) is 18.2 Å². The van der Waals surface area contributed by atoms with E-state index in [0.717, 1.165) is 5.28 Å². The Balaban J connectivity index is 2.61. The van der Waals surface area contributed by atoms with Crippen molar-refractivity contribution in [2.45, 2.75) is 5.28 Å². The number of halogens is 1. The molecule has 0 radical (unpaired) electrons. The van der Waals surface area contributed by atoms with Crippen LogP contribution in [0.5, 0.6) is 0 Å². The van der Waals surface area contributed by atoms with Gasteiger partial charge in [-0.25, -0.2) is 0 Å². The van der Waals surface area contributed by atoms with Gasteiger partial charge in [0.25, 0.3) is 0 Å². The molecule has 0 aromatic heterocycles. The third-order valence-electron chi connectivity index (χ3n) is 1.06. The molecule has 0 saturated heterocycles. The van der Waals surface area contributed by atoms with Crippen molar-refractivity contribution in [1.29, 1.82) is 0 Å². The topological polar surface area (TPSA) is 0 Å². The summed E-state index contributed by atoms with van der Waals surface area (Å²) in [4.78, 5) is 0. The first kappa shape index (κ1) is 7.15. The van der Waals surface area contributed by atoms with E-state index in [9.17, 15) is 0 Å². The van der Waals surface area contributed by atoms with Crippen LogP contribution in [-0.4, -0.2) is 0 Å². The monoisotopic (exact) mass is 178 g/mol. The Kier molecular flexibility index (Phi) is 3.14. The van der Waals surface area contributed by atoms with Gasteiger partial charge in [0, 0.05) is 0 Å². The van der Waals surface area contributed by atoms with E-state index in [1.165, 1.54) is 5.56 Å². The van der Waals surface area contributed by atoms with E-state index in [1.54, 1.807) is 0 Å². The van der Waals surface area contributed by atoms with Crippen LogP contribution in [-0.2, 0) is 19.6 Å². The maximum absolute atomic E-state index is 5.60. The molecule has 0 fully saturated rings. The van der Waals surface area contributed by atoms with Crippen LogP contribution in [0.15, 0.2) is 30.3 Å². The summed E-state index contributed by atoms with van der Waals surface area (Å²) in [5.74, 6) is 0. The van der Waals surface area contributed by atoms with Crippen LogP contribution in [0.1, 0.15) is 5.56 Å². The fourth-order valence-corrected chi connectivity index (χ4v) is 1.65. The summed E-state index contributed by atoms with van der Waals surface area (Å²) >= 11 is 0.251. The SMILES string of the molecule is [Cl][Cr][CH2]c1ccccc1. The van der Waals surface area contributed by atoms with E-state index in [0.29, 0.717) is 0 Å². The van der Waals surface area contributed by atoms with Crippen LogP contribution in [0.25, 0.3) is 0 Å². The summed E-state index contributed by atoms with van der Waals surface area (Å²) in [5.41, 5.74) is 1.34. The molecule has 0 nitrogen and oxygen atoms in total. The first-order valence-electron chi connectivity index (χ1n) is 2.71. The minimum absolute atomic E-state index is 0.251. The van der Waals surface area contributed by atoms with Crippen LogP contribution >= 0.6 is 10.0 Å². The molecule has 1 rings (SSSR count). The second-order valence-electron chi connectivity index (χ2n) is 1.74. The standard InChI is InChI=1S/C7H7.ClH.Cr/c1-7-5-3-2-4-6-7;;/h2-6H,1H2;1H;/q;;+1/p-1. The second kappa shape index (κ2) is 3.96. The van der Waals surface area contributed by atoms with Crippen LogP contribution < -0.4 is 0 Å². The Labute approximate surface area is 65.8 Å². The Bertz CT molecular complexity index is 162. The first-order valence-corrected chi connectivity index (χ1v) is 5.36. The zero-order valence-electron chi connectivity index (χ0n) is 4.88. The third kappa shape index (κ3) is 2.41. The Hall–Kier alpha value is 0.0425. The van der Waals surface area contributed by atoms with Crippen molar-refractivity contribution in [1.82, 2.24) is 0 Å². The summed E-state index contributed by atoms with van der Waals surface area (Å²) in [6.07, 6.45) is 0. The van der Waals surface area contributed by atoms with Gasteiger partial charge in [-0.2, -0.15) is 0 Å². The number of hydrogen-bond acceptors (Lipinski definition) is 0. The van der Waals surface area contributed by atoms with Crippen molar-refractivity contribution in [2.24, 2.45) is 0 Å². The van der Waals surface area contributed by atoms with Crippen molar-refractivity contribution in [3.8, 4) is 0 Å². The Morgan fingerprint density at radius 3 is 2.44 bits per heavy atom. The van der Waals surface area contributed by atoms with E-state index < -0.39 is 0 Å². The van der Waals surface area contributed by atoms with Gasteiger partial charge >= 0.3 is 65.5 Å².